The van der Waals surface area contributed by atoms with Crippen LogP contribution >= 0.6 is 11.3 Å². The second-order valence-electron chi connectivity index (χ2n) is 5.50. The van der Waals surface area contributed by atoms with Crippen LogP contribution in [-0.4, -0.2) is 53.7 Å². The minimum absolute atomic E-state index is 0.146. The van der Waals surface area contributed by atoms with Crippen LogP contribution in [0.15, 0.2) is 0 Å². The summed E-state index contributed by atoms with van der Waals surface area (Å²) in [6, 6.07) is 0. The number of thiazole rings is 1. The highest BCUT2D eigenvalue weighted by Gasteiger charge is 2.24. The van der Waals surface area contributed by atoms with E-state index in [-0.39, 0.29) is 5.92 Å². The van der Waals surface area contributed by atoms with E-state index in [1.807, 2.05) is 13.8 Å². The monoisotopic (exact) mass is 297 g/mol. The van der Waals surface area contributed by atoms with Gasteiger partial charge in [-0.1, -0.05) is 32.1 Å². The Morgan fingerprint density at radius 3 is 2.45 bits per heavy atom. The topological polar surface area (TPSA) is 56.7 Å². The number of hydrogen-bond donors (Lipinski definition) is 1. The molecule has 1 aliphatic rings. The van der Waals surface area contributed by atoms with Gasteiger partial charge in [-0.25, -0.2) is 9.78 Å². The van der Waals surface area contributed by atoms with Gasteiger partial charge >= 0.3 is 5.97 Å². The zero-order valence-electron chi connectivity index (χ0n) is 12.4. The van der Waals surface area contributed by atoms with Gasteiger partial charge in [0.25, 0.3) is 0 Å². The number of anilines is 1. The van der Waals surface area contributed by atoms with E-state index < -0.39 is 5.97 Å². The molecule has 0 saturated carbocycles. The lowest BCUT2D eigenvalue weighted by atomic mass is 10.1. The smallest absolute Gasteiger partial charge is 0.347 e. The summed E-state index contributed by atoms with van der Waals surface area (Å²) >= 11 is 1.31. The fourth-order valence-electron chi connectivity index (χ4n) is 2.48. The summed E-state index contributed by atoms with van der Waals surface area (Å²) < 4.78 is 0. The zero-order valence-corrected chi connectivity index (χ0v) is 13.2. The summed E-state index contributed by atoms with van der Waals surface area (Å²) in [5, 5.41) is 10.1. The quantitative estimate of drug-likeness (QED) is 0.905. The van der Waals surface area contributed by atoms with Crippen molar-refractivity contribution in [1.29, 1.82) is 0 Å². The molecule has 0 unspecified atom stereocenters. The molecule has 0 atom stereocenters. The van der Waals surface area contributed by atoms with Crippen LogP contribution in [0.2, 0.25) is 0 Å². The molecule has 1 saturated heterocycles. The summed E-state index contributed by atoms with van der Waals surface area (Å²) in [5.41, 5.74) is 0.716. The molecule has 0 aliphatic carbocycles. The number of aromatic nitrogens is 1. The predicted octanol–water partition coefficient (Wildman–Crippen LogP) is 2.50. The lowest BCUT2D eigenvalue weighted by Crippen LogP contribution is -2.46. The largest absolute Gasteiger partial charge is 0.477 e. The third-order valence-corrected chi connectivity index (χ3v) is 4.69. The molecule has 1 aromatic rings. The van der Waals surface area contributed by atoms with Crippen molar-refractivity contribution in [3.63, 3.8) is 0 Å². The molecule has 0 bridgehead atoms. The molecule has 20 heavy (non-hydrogen) atoms. The lowest BCUT2D eigenvalue weighted by molar-refractivity contribution is 0.0700. The minimum atomic E-state index is -0.859. The maximum Gasteiger partial charge on any atom is 0.347 e. The molecule has 1 aromatic heterocycles. The Labute approximate surface area is 124 Å². The van der Waals surface area contributed by atoms with Gasteiger partial charge in [-0.2, -0.15) is 0 Å². The van der Waals surface area contributed by atoms with E-state index in [9.17, 15) is 9.90 Å². The number of aromatic carboxylic acids is 1. The Morgan fingerprint density at radius 2 is 2.00 bits per heavy atom. The number of carbonyl (C=O) groups is 1. The summed E-state index contributed by atoms with van der Waals surface area (Å²) in [5.74, 6) is -0.713. The number of carboxylic acids is 1. The fourth-order valence-corrected chi connectivity index (χ4v) is 3.59. The summed E-state index contributed by atoms with van der Waals surface area (Å²) in [7, 11) is 0. The first-order chi connectivity index (χ1) is 9.52. The molecule has 5 nitrogen and oxygen atoms in total. The van der Waals surface area contributed by atoms with Crippen LogP contribution in [0.1, 0.15) is 48.5 Å². The van der Waals surface area contributed by atoms with E-state index in [4.69, 9.17) is 0 Å². The average molecular weight is 297 g/mol. The third kappa shape index (κ3) is 3.30. The lowest BCUT2D eigenvalue weighted by Gasteiger charge is -2.34. The van der Waals surface area contributed by atoms with Crippen LogP contribution in [0, 0.1) is 0 Å². The van der Waals surface area contributed by atoms with Crippen LogP contribution < -0.4 is 4.90 Å². The molecular weight excluding hydrogens is 274 g/mol. The van der Waals surface area contributed by atoms with E-state index >= 15 is 0 Å². The molecule has 0 radical (unpaired) electrons. The molecule has 2 heterocycles. The number of piperazine rings is 1. The molecule has 0 spiro atoms. The van der Waals surface area contributed by atoms with Gasteiger partial charge in [0.15, 0.2) is 5.13 Å². The first-order valence-corrected chi connectivity index (χ1v) is 8.05. The molecule has 6 heteroatoms. The molecule has 112 valence electrons. The van der Waals surface area contributed by atoms with Crippen LogP contribution in [-0.2, 0) is 0 Å². The summed E-state index contributed by atoms with van der Waals surface area (Å²) in [4.78, 5) is 20.9. The standard InChI is InChI=1S/C14H23N3O2S/c1-4-5-16-6-8-17(9-7-16)14-15-11(10(2)3)12(20-14)13(18)19/h10H,4-9H2,1-3H3,(H,18,19). The van der Waals surface area contributed by atoms with E-state index in [1.165, 1.54) is 17.8 Å². The van der Waals surface area contributed by atoms with Crippen LogP contribution in [0.4, 0.5) is 5.13 Å². The van der Waals surface area contributed by atoms with Crippen molar-refractivity contribution in [1.82, 2.24) is 9.88 Å². The molecule has 2 rings (SSSR count). The predicted molar refractivity (Wildman–Crippen MR) is 82.1 cm³/mol. The molecule has 0 aromatic carbocycles. The van der Waals surface area contributed by atoms with Gasteiger partial charge in [0.05, 0.1) is 5.69 Å². The number of rotatable bonds is 5. The number of carboxylic acid groups (broad SMARTS) is 1. The van der Waals surface area contributed by atoms with Crippen molar-refractivity contribution < 1.29 is 9.90 Å². The maximum atomic E-state index is 11.3. The van der Waals surface area contributed by atoms with Gasteiger partial charge in [0, 0.05) is 26.2 Å². The van der Waals surface area contributed by atoms with Gasteiger partial charge in [-0.3, -0.25) is 4.90 Å². The van der Waals surface area contributed by atoms with E-state index in [1.54, 1.807) is 0 Å². The van der Waals surface area contributed by atoms with Crippen LogP contribution in [0.25, 0.3) is 0 Å². The van der Waals surface area contributed by atoms with Crippen molar-refractivity contribution in [2.24, 2.45) is 0 Å². The molecule has 0 amide bonds. The van der Waals surface area contributed by atoms with Crippen molar-refractivity contribution in [3.8, 4) is 0 Å². The highest BCUT2D eigenvalue weighted by molar-refractivity contribution is 7.17. The van der Waals surface area contributed by atoms with Gasteiger partial charge in [0.1, 0.15) is 4.88 Å². The van der Waals surface area contributed by atoms with E-state index in [0.717, 1.165) is 37.9 Å². The second-order valence-corrected chi connectivity index (χ2v) is 6.48. The number of nitrogens with zero attached hydrogens (tertiary/aromatic N) is 3. The highest BCUT2D eigenvalue weighted by Crippen LogP contribution is 2.31. The Morgan fingerprint density at radius 1 is 1.35 bits per heavy atom. The van der Waals surface area contributed by atoms with Crippen molar-refractivity contribution >= 4 is 22.4 Å². The van der Waals surface area contributed by atoms with E-state index in [0.29, 0.717) is 10.6 Å². The SMILES string of the molecule is CCCN1CCN(c2nc(C(C)C)c(C(=O)O)s2)CC1. The zero-order chi connectivity index (χ0) is 14.7. The fraction of sp³-hybridized carbons (Fsp3) is 0.714. The van der Waals surface area contributed by atoms with Gasteiger partial charge in [-0.15, -0.1) is 0 Å². The molecule has 1 N–H and O–H groups in total. The molecular formula is C14H23N3O2S. The average Bonchev–Trinajstić information content (AvgIpc) is 2.85. The third-order valence-electron chi connectivity index (χ3n) is 3.57. The van der Waals surface area contributed by atoms with Crippen molar-refractivity contribution in [2.75, 3.05) is 37.6 Å². The van der Waals surface area contributed by atoms with E-state index in [2.05, 4.69) is 21.7 Å². The Kier molecular flexibility index (Phi) is 4.99. The minimum Gasteiger partial charge on any atom is -0.477 e. The first-order valence-electron chi connectivity index (χ1n) is 7.24. The number of hydrogen-bond acceptors (Lipinski definition) is 5. The molecule has 1 aliphatic heterocycles. The molecule has 1 fully saturated rings. The maximum absolute atomic E-state index is 11.3. The van der Waals surface area contributed by atoms with Crippen molar-refractivity contribution in [2.45, 2.75) is 33.1 Å². The summed E-state index contributed by atoms with van der Waals surface area (Å²) in [6.07, 6.45) is 1.18. The van der Waals surface area contributed by atoms with Gasteiger partial charge in [-0.05, 0) is 18.9 Å². The first kappa shape index (κ1) is 15.3. The van der Waals surface area contributed by atoms with Gasteiger partial charge < -0.3 is 10.0 Å². The van der Waals surface area contributed by atoms with Crippen LogP contribution in [0.3, 0.4) is 0 Å². The second kappa shape index (κ2) is 6.54. The normalized spacial score (nSPS) is 16.9. The Hall–Kier alpha value is -1.14. The Bertz CT molecular complexity index is 465. The summed E-state index contributed by atoms with van der Waals surface area (Å²) in [6.45, 7) is 11.3. The Balaban J connectivity index is 2.10. The highest BCUT2D eigenvalue weighted by atomic mass is 32.1. The van der Waals surface area contributed by atoms with Crippen LogP contribution in [0.5, 0.6) is 0 Å². The van der Waals surface area contributed by atoms with Gasteiger partial charge in [0.2, 0.25) is 0 Å². The van der Waals surface area contributed by atoms with Crippen molar-refractivity contribution in [3.05, 3.63) is 10.6 Å².